The van der Waals surface area contributed by atoms with Gasteiger partial charge in [-0.2, -0.15) is 0 Å². The molecule has 2 aliphatic carbocycles. The van der Waals surface area contributed by atoms with Crippen molar-refractivity contribution in [2.45, 2.75) is 115 Å². The Kier molecular flexibility index (Phi) is 9.50. The zero-order valence-electron chi connectivity index (χ0n) is 19.5. The smallest absolute Gasteiger partial charge is 0.305 e. The van der Waals surface area contributed by atoms with Gasteiger partial charge in [0, 0.05) is 23.7 Å². The van der Waals surface area contributed by atoms with Crippen LogP contribution in [0.3, 0.4) is 0 Å². The second kappa shape index (κ2) is 11.2. The zero-order chi connectivity index (χ0) is 23.1. The molecule has 0 aromatic carbocycles. The molecule has 2 aliphatic rings. The normalized spacial score (nSPS) is 30.9. The van der Waals surface area contributed by atoms with Crippen LogP contribution >= 0.6 is 0 Å². The molecule has 0 aromatic heterocycles. The number of allylic oxidation sites excluding steroid dienone is 2. The average molecular weight is 445 g/mol. The Hall–Kier alpha value is -1.01. The summed E-state index contributed by atoms with van der Waals surface area (Å²) < 4.78 is 34.5. The number of hydrogen-bond acceptors (Lipinski definition) is 4. The van der Waals surface area contributed by atoms with Gasteiger partial charge in [-0.15, -0.1) is 0 Å². The van der Waals surface area contributed by atoms with Gasteiger partial charge in [-0.05, 0) is 58.3 Å². The van der Waals surface area contributed by atoms with E-state index in [1.165, 1.54) is 0 Å². The second-order valence-electron chi connectivity index (χ2n) is 9.90. The standard InChI is InChI=1S/C25H42F2O4/c1-4-6-11-14-23(3,30)15-16-24-19(20(28)18-21(24)25(24,26)27)12-9-7-8-10-13-22(29)31-17-5-2/h7,9,19-21,28,30H,4-6,8,10-18H2,1-3H3/t19-,20-,21+,23?,24-/m0/s1. The third-order valence-electron chi connectivity index (χ3n) is 7.37. The van der Waals surface area contributed by atoms with Crippen LogP contribution < -0.4 is 0 Å². The monoisotopic (exact) mass is 444 g/mol. The Morgan fingerprint density at radius 1 is 1.16 bits per heavy atom. The molecule has 6 heteroatoms. The van der Waals surface area contributed by atoms with E-state index in [0.717, 1.165) is 25.7 Å². The zero-order valence-corrected chi connectivity index (χ0v) is 19.5. The number of halogens is 2. The van der Waals surface area contributed by atoms with E-state index >= 15 is 0 Å². The predicted molar refractivity (Wildman–Crippen MR) is 118 cm³/mol. The Morgan fingerprint density at radius 3 is 2.58 bits per heavy atom. The lowest BCUT2D eigenvalue weighted by molar-refractivity contribution is -0.143. The molecule has 0 saturated heterocycles. The fraction of sp³-hybridized carbons (Fsp3) is 0.880. The number of carbonyl (C=O) groups is 1. The number of hydrogen-bond donors (Lipinski definition) is 2. The molecule has 0 aliphatic heterocycles. The first-order chi connectivity index (χ1) is 14.6. The molecule has 0 aromatic rings. The molecule has 180 valence electrons. The van der Waals surface area contributed by atoms with E-state index in [1.807, 2.05) is 19.1 Å². The van der Waals surface area contributed by atoms with Crippen LogP contribution in [0.15, 0.2) is 12.2 Å². The van der Waals surface area contributed by atoms with Gasteiger partial charge < -0.3 is 14.9 Å². The molecule has 0 heterocycles. The van der Waals surface area contributed by atoms with Crippen LogP contribution in [-0.4, -0.2) is 40.4 Å². The lowest BCUT2D eigenvalue weighted by atomic mass is 9.78. The average Bonchev–Trinajstić information content (AvgIpc) is 3.00. The molecular weight excluding hydrogens is 402 g/mol. The number of aliphatic hydroxyl groups is 2. The van der Waals surface area contributed by atoms with Gasteiger partial charge in [-0.3, -0.25) is 4.79 Å². The van der Waals surface area contributed by atoms with Gasteiger partial charge in [-0.25, -0.2) is 8.78 Å². The summed E-state index contributed by atoms with van der Waals surface area (Å²) in [7, 11) is 0. The molecule has 5 atom stereocenters. The molecule has 2 saturated carbocycles. The Balaban J connectivity index is 1.86. The minimum Gasteiger partial charge on any atom is -0.466 e. The third-order valence-corrected chi connectivity index (χ3v) is 7.37. The molecule has 0 amide bonds. The van der Waals surface area contributed by atoms with Crippen LogP contribution in [0.1, 0.15) is 97.8 Å². The Bertz CT molecular complexity index is 604. The topological polar surface area (TPSA) is 66.8 Å². The highest BCUT2D eigenvalue weighted by Crippen LogP contribution is 2.78. The van der Waals surface area contributed by atoms with Crippen molar-refractivity contribution in [1.29, 1.82) is 0 Å². The molecule has 0 radical (unpaired) electrons. The molecule has 0 bridgehead atoms. The quantitative estimate of drug-likeness (QED) is 0.190. The van der Waals surface area contributed by atoms with Crippen molar-refractivity contribution in [3.63, 3.8) is 0 Å². The van der Waals surface area contributed by atoms with Crippen molar-refractivity contribution in [2.75, 3.05) is 6.61 Å². The van der Waals surface area contributed by atoms with Crippen LogP contribution in [0.5, 0.6) is 0 Å². The highest BCUT2D eigenvalue weighted by Gasteiger charge is 2.85. The van der Waals surface area contributed by atoms with Crippen molar-refractivity contribution in [1.82, 2.24) is 0 Å². The number of ether oxygens (including phenoxy) is 1. The van der Waals surface area contributed by atoms with Gasteiger partial charge in [0.2, 0.25) is 0 Å². The third kappa shape index (κ3) is 6.28. The summed E-state index contributed by atoms with van der Waals surface area (Å²) in [4.78, 5) is 11.5. The van der Waals surface area contributed by atoms with Gasteiger partial charge >= 0.3 is 5.97 Å². The number of carbonyl (C=O) groups excluding carboxylic acids is 1. The molecule has 2 fully saturated rings. The van der Waals surface area contributed by atoms with E-state index in [1.54, 1.807) is 6.92 Å². The van der Waals surface area contributed by atoms with Crippen molar-refractivity contribution < 1.29 is 28.5 Å². The van der Waals surface area contributed by atoms with E-state index in [-0.39, 0.29) is 18.8 Å². The van der Waals surface area contributed by atoms with Crippen molar-refractivity contribution in [3.8, 4) is 0 Å². The Labute approximate surface area is 186 Å². The molecule has 1 unspecified atom stereocenters. The van der Waals surface area contributed by atoms with Crippen LogP contribution in [0.25, 0.3) is 0 Å². The Morgan fingerprint density at radius 2 is 1.90 bits per heavy atom. The van der Waals surface area contributed by atoms with Gasteiger partial charge in [0.1, 0.15) is 0 Å². The number of rotatable bonds is 15. The first kappa shape index (κ1) is 26.2. The molecule has 2 N–H and O–H groups in total. The van der Waals surface area contributed by atoms with E-state index in [9.17, 15) is 23.8 Å². The van der Waals surface area contributed by atoms with Gasteiger partial charge in [0.15, 0.2) is 0 Å². The minimum absolute atomic E-state index is 0.146. The lowest BCUT2D eigenvalue weighted by Crippen LogP contribution is -2.33. The van der Waals surface area contributed by atoms with Gasteiger partial charge in [0.05, 0.1) is 18.3 Å². The summed E-state index contributed by atoms with van der Waals surface area (Å²) in [6.07, 6.45) is 10.3. The fourth-order valence-corrected chi connectivity index (χ4v) is 5.43. The maximum Gasteiger partial charge on any atom is 0.305 e. The van der Waals surface area contributed by atoms with Crippen LogP contribution in [0.2, 0.25) is 0 Å². The maximum atomic E-state index is 14.8. The number of alkyl halides is 2. The van der Waals surface area contributed by atoms with Crippen LogP contribution in [0.4, 0.5) is 8.78 Å². The van der Waals surface area contributed by atoms with Crippen LogP contribution in [0, 0.1) is 17.3 Å². The minimum atomic E-state index is -2.76. The molecule has 31 heavy (non-hydrogen) atoms. The van der Waals surface area contributed by atoms with E-state index < -0.39 is 34.9 Å². The number of fused-ring (bicyclic) bond motifs is 1. The van der Waals surface area contributed by atoms with Crippen molar-refractivity contribution >= 4 is 5.97 Å². The molecule has 4 nitrogen and oxygen atoms in total. The molecule has 0 spiro atoms. The predicted octanol–water partition coefficient (Wildman–Crippen LogP) is 5.80. The molecular formula is C25H42F2O4. The highest BCUT2D eigenvalue weighted by atomic mass is 19.3. The summed E-state index contributed by atoms with van der Waals surface area (Å²) in [5, 5.41) is 21.1. The number of esters is 1. The largest absolute Gasteiger partial charge is 0.466 e. The SMILES string of the molecule is CCCCCC(C)(O)CC[C@]12[C@@H](CC=CCCCC(=O)OCCC)[C@@H](O)C[C@H]1C2(F)F. The first-order valence-electron chi connectivity index (χ1n) is 12.2. The number of unbranched alkanes of at least 4 members (excludes halogenated alkanes) is 3. The summed E-state index contributed by atoms with van der Waals surface area (Å²) in [6, 6.07) is 0. The van der Waals surface area contributed by atoms with Gasteiger partial charge in [0.25, 0.3) is 5.92 Å². The van der Waals surface area contributed by atoms with Crippen LogP contribution in [-0.2, 0) is 9.53 Å². The summed E-state index contributed by atoms with van der Waals surface area (Å²) in [5.74, 6) is -4.21. The van der Waals surface area contributed by atoms with E-state index in [2.05, 4.69) is 6.92 Å². The van der Waals surface area contributed by atoms with E-state index in [4.69, 9.17) is 4.74 Å². The lowest BCUT2D eigenvalue weighted by Gasteiger charge is -2.31. The fourth-order valence-electron chi connectivity index (χ4n) is 5.43. The summed E-state index contributed by atoms with van der Waals surface area (Å²) >= 11 is 0. The second-order valence-corrected chi connectivity index (χ2v) is 9.90. The highest BCUT2D eigenvalue weighted by molar-refractivity contribution is 5.69. The summed E-state index contributed by atoms with van der Waals surface area (Å²) in [5.41, 5.74) is -2.12. The summed E-state index contributed by atoms with van der Waals surface area (Å²) in [6.45, 7) is 6.23. The number of aliphatic hydroxyl groups excluding tert-OH is 1. The van der Waals surface area contributed by atoms with Crippen molar-refractivity contribution in [2.24, 2.45) is 17.3 Å². The van der Waals surface area contributed by atoms with Crippen molar-refractivity contribution in [3.05, 3.63) is 12.2 Å². The maximum absolute atomic E-state index is 14.8. The van der Waals surface area contributed by atoms with Gasteiger partial charge in [-0.1, -0.05) is 45.3 Å². The first-order valence-corrected chi connectivity index (χ1v) is 12.2. The van der Waals surface area contributed by atoms with E-state index in [0.29, 0.717) is 45.1 Å². The molecule has 2 rings (SSSR count).